The Labute approximate surface area is 91.7 Å². The highest BCUT2D eigenvalue weighted by Crippen LogP contribution is 2.28. The first-order valence-electron chi connectivity index (χ1n) is 5.80. The van der Waals surface area contributed by atoms with Crippen molar-refractivity contribution >= 4 is 5.97 Å². The third kappa shape index (κ3) is 3.26. The van der Waals surface area contributed by atoms with Crippen molar-refractivity contribution in [2.75, 3.05) is 6.61 Å². The monoisotopic (exact) mass is 211 g/mol. The number of carbonyl (C=O) groups is 1. The van der Waals surface area contributed by atoms with E-state index in [0.29, 0.717) is 18.1 Å². The maximum Gasteiger partial charge on any atom is 0.335 e. The van der Waals surface area contributed by atoms with E-state index in [2.05, 4.69) is 0 Å². The standard InChI is InChI=1S/C12H21NO2/c1-3-15-12(14)9(2)11(13)10-7-5-4-6-8-10/h10H,3-8,13H2,1-2H3/b11-9-. The lowest BCUT2D eigenvalue weighted by Gasteiger charge is -2.23. The molecule has 0 heterocycles. The maximum absolute atomic E-state index is 11.5. The molecule has 3 nitrogen and oxygen atoms in total. The number of carbonyl (C=O) groups excluding carboxylic acids is 1. The van der Waals surface area contributed by atoms with Gasteiger partial charge in [0.2, 0.25) is 0 Å². The Hall–Kier alpha value is -0.990. The highest BCUT2D eigenvalue weighted by Gasteiger charge is 2.20. The quantitative estimate of drug-likeness (QED) is 0.576. The molecule has 0 aromatic carbocycles. The van der Waals surface area contributed by atoms with Crippen LogP contribution in [-0.2, 0) is 9.53 Å². The number of hydrogen-bond acceptors (Lipinski definition) is 3. The molecule has 0 aromatic rings. The van der Waals surface area contributed by atoms with Gasteiger partial charge in [0.15, 0.2) is 0 Å². The van der Waals surface area contributed by atoms with Gasteiger partial charge in [0.05, 0.1) is 12.2 Å². The summed E-state index contributed by atoms with van der Waals surface area (Å²) in [5.41, 5.74) is 7.35. The second kappa shape index (κ2) is 5.79. The minimum Gasteiger partial charge on any atom is -0.463 e. The van der Waals surface area contributed by atoms with E-state index in [-0.39, 0.29) is 5.97 Å². The van der Waals surface area contributed by atoms with Crippen LogP contribution in [0.5, 0.6) is 0 Å². The van der Waals surface area contributed by atoms with Crippen LogP contribution >= 0.6 is 0 Å². The molecule has 2 N–H and O–H groups in total. The number of ether oxygens (including phenoxy) is 1. The normalized spacial score (nSPS) is 19.6. The number of nitrogens with two attached hydrogens (primary N) is 1. The van der Waals surface area contributed by atoms with Crippen LogP contribution < -0.4 is 5.73 Å². The van der Waals surface area contributed by atoms with Gasteiger partial charge >= 0.3 is 5.97 Å². The fourth-order valence-electron chi connectivity index (χ4n) is 2.08. The van der Waals surface area contributed by atoms with Crippen molar-refractivity contribution < 1.29 is 9.53 Å². The molecule has 1 aliphatic rings. The molecule has 15 heavy (non-hydrogen) atoms. The minimum absolute atomic E-state index is 0.263. The van der Waals surface area contributed by atoms with Gasteiger partial charge in [-0.15, -0.1) is 0 Å². The molecule has 1 fully saturated rings. The van der Waals surface area contributed by atoms with Gasteiger partial charge in [0.25, 0.3) is 0 Å². The predicted octanol–water partition coefficient (Wildman–Crippen LogP) is 2.36. The van der Waals surface area contributed by atoms with Crippen LogP contribution in [0.4, 0.5) is 0 Å². The summed E-state index contributed by atoms with van der Waals surface area (Å²) in [5, 5.41) is 0. The number of hydrogen-bond donors (Lipinski definition) is 1. The van der Waals surface area contributed by atoms with E-state index in [4.69, 9.17) is 10.5 Å². The van der Waals surface area contributed by atoms with Gasteiger partial charge < -0.3 is 10.5 Å². The van der Waals surface area contributed by atoms with Crippen LogP contribution in [0, 0.1) is 5.92 Å². The van der Waals surface area contributed by atoms with Gasteiger partial charge in [-0.05, 0) is 32.6 Å². The van der Waals surface area contributed by atoms with Crippen LogP contribution in [0.3, 0.4) is 0 Å². The third-order valence-corrected chi connectivity index (χ3v) is 3.06. The van der Waals surface area contributed by atoms with Crippen LogP contribution in [-0.4, -0.2) is 12.6 Å². The number of rotatable bonds is 3. The molecule has 1 aliphatic carbocycles. The average molecular weight is 211 g/mol. The molecule has 3 heteroatoms. The second-order valence-electron chi connectivity index (χ2n) is 4.14. The van der Waals surface area contributed by atoms with Gasteiger partial charge in [0, 0.05) is 5.70 Å². The summed E-state index contributed by atoms with van der Waals surface area (Å²) in [6.07, 6.45) is 5.97. The fourth-order valence-corrected chi connectivity index (χ4v) is 2.08. The van der Waals surface area contributed by atoms with Crippen LogP contribution in [0.15, 0.2) is 11.3 Å². The summed E-state index contributed by atoms with van der Waals surface area (Å²) < 4.78 is 4.94. The first-order chi connectivity index (χ1) is 7.16. The number of allylic oxidation sites excluding steroid dienone is 1. The number of esters is 1. The molecule has 0 aromatic heterocycles. The molecule has 0 saturated heterocycles. The highest BCUT2D eigenvalue weighted by molar-refractivity contribution is 5.88. The Bertz CT molecular complexity index is 252. The topological polar surface area (TPSA) is 52.3 Å². The molecule has 0 bridgehead atoms. The first kappa shape index (κ1) is 12.1. The lowest BCUT2D eigenvalue weighted by atomic mass is 9.85. The molecule has 86 valence electrons. The van der Waals surface area contributed by atoms with Gasteiger partial charge in [-0.25, -0.2) is 4.79 Å². The minimum atomic E-state index is -0.263. The Morgan fingerprint density at radius 1 is 1.33 bits per heavy atom. The maximum atomic E-state index is 11.5. The van der Waals surface area contributed by atoms with Gasteiger partial charge in [0.1, 0.15) is 0 Å². The van der Waals surface area contributed by atoms with Gasteiger partial charge in [-0.3, -0.25) is 0 Å². The molecule has 0 spiro atoms. The Kier molecular flexibility index (Phi) is 4.66. The summed E-state index contributed by atoms with van der Waals surface area (Å²) in [7, 11) is 0. The lowest BCUT2D eigenvalue weighted by molar-refractivity contribution is -0.138. The van der Waals surface area contributed by atoms with Gasteiger partial charge in [-0.1, -0.05) is 19.3 Å². The zero-order chi connectivity index (χ0) is 11.3. The van der Waals surface area contributed by atoms with E-state index in [1.807, 2.05) is 6.92 Å². The summed E-state index contributed by atoms with van der Waals surface area (Å²) in [6.45, 7) is 3.98. The van der Waals surface area contributed by atoms with E-state index in [1.165, 1.54) is 19.3 Å². The Morgan fingerprint density at radius 2 is 1.93 bits per heavy atom. The SMILES string of the molecule is CCOC(=O)/C(C)=C(\N)C1CCCCC1. The lowest BCUT2D eigenvalue weighted by Crippen LogP contribution is -2.20. The smallest absolute Gasteiger partial charge is 0.335 e. The molecule has 0 amide bonds. The molecule has 0 atom stereocenters. The van der Waals surface area contributed by atoms with Crippen LogP contribution in [0.25, 0.3) is 0 Å². The van der Waals surface area contributed by atoms with E-state index >= 15 is 0 Å². The summed E-state index contributed by atoms with van der Waals surface area (Å²) >= 11 is 0. The first-order valence-corrected chi connectivity index (χ1v) is 5.80. The van der Waals surface area contributed by atoms with Crippen molar-refractivity contribution in [3.05, 3.63) is 11.3 Å². The molecule has 1 rings (SSSR count). The molecule has 0 unspecified atom stereocenters. The van der Waals surface area contributed by atoms with Crippen molar-refractivity contribution in [1.82, 2.24) is 0 Å². The molecule has 0 radical (unpaired) electrons. The molecular formula is C12H21NO2. The zero-order valence-electron chi connectivity index (χ0n) is 9.71. The predicted molar refractivity (Wildman–Crippen MR) is 60.1 cm³/mol. The largest absolute Gasteiger partial charge is 0.463 e. The molecular weight excluding hydrogens is 190 g/mol. The fraction of sp³-hybridized carbons (Fsp3) is 0.750. The van der Waals surface area contributed by atoms with Crippen molar-refractivity contribution in [2.45, 2.75) is 46.0 Å². The van der Waals surface area contributed by atoms with Crippen molar-refractivity contribution in [3.63, 3.8) is 0 Å². The van der Waals surface area contributed by atoms with E-state index in [1.54, 1.807) is 6.92 Å². The molecule has 1 saturated carbocycles. The Balaban J connectivity index is 2.65. The summed E-state index contributed by atoms with van der Waals surface area (Å²) in [4.78, 5) is 11.5. The van der Waals surface area contributed by atoms with E-state index in [9.17, 15) is 4.79 Å². The van der Waals surface area contributed by atoms with Crippen molar-refractivity contribution in [2.24, 2.45) is 11.7 Å². The van der Waals surface area contributed by atoms with Crippen LogP contribution in [0.1, 0.15) is 46.0 Å². The van der Waals surface area contributed by atoms with Crippen molar-refractivity contribution in [1.29, 1.82) is 0 Å². The van der Waals surface area contributed by atoms with Crippen LogP contribution in [0.2, 0.25) is 0 Å². The third-order valence-electron chi connectivity index (χ3n) is 3.06. The van der Waals surface area contributed by atoms with E-state index < -0.39 is 0 Å². The molecule has 0 aliphatic heterocycles. The zero-order valence-corrected chi connectivity index (χ0v) is 9.71. The Morgan fingerprint density at radius 3 is 2.47 bits per heavy atom. The van der Waals surface area contributed by atoms with Crippen molar-refractivity contribution in [3.8, 4) is 0 Å². The average Bonchev–Trinajstić information content (AvgIpc) is 2.28. The summed E-state index contributed by atoms with van der Waals surface area (Å²) in [6, 6.07) is 0. The van der Waals surface area contributed by atoms with Gasteiger partial charge in [-0.2, -0.15) is 0 Å². The second-order valence-corrected chi connectivity index (χ2v) is 4.14. The highest BCUT2D eigenvalue weighted by atomic mass is 16.5. The van der Waals surface area contributed by atoms with E-state index in [0.717, 1.165) is 18.5 Å². The summed E-state index contributed by atoms with van der Waals surface area (Å²) in [5.74, 6) is 0.128.